The summed E-state index contributed by atoms with van der Waals surface area (Å²) in [6.45, 7) is 7.29. The molecule has 0 spiro atoms. The Bertz CT molecular complexity index is 260. The summed E-state index contributed by atoms with van der Waals surface area (Å²) in [5, 5.41) is 0. The number of rotatable bonds is 6. The SMILES string of the molecule is CC(C)=CC(=O)COCC(=O)C=C(C)C. The first kappa shape index (κ1) is 13.8. The lowest BCUT2D eigenvalue weighted by molar-refractivity contribution is -0.123. The van der Waals surface area contributed by atoms with Crippen LogP contribution in [0.1, 0.15) is 27.7 Å². The van der Waals surface area contributed by atoms with Crippen LogP contribution in [0.2, 0.25) is 0 Å². The van der Waals surface area contributed by atoms with E-state index in [-0.39, 0.29) is 24.8 Å². The van der Waals surface area contributed by atoms with Gasteiger partial charge >= 0.3 is 0 Å². The van der Waals surface area contributed by atoms with E-state index in [9.17, 15) is 9.59 Å². The highest BCUT2D eigenvalue weighted by Crippen LogP contribution is 1.92. The molecule has 0 saturated heterocycles. The van der Waals surface area contributed by atoms with Gasteiger partial charge in [-0.2, -0.15) is 0 Å². The van der Waals surface area contributed by atoms with Gasteiger partial charge in [-0.25, -0.2) is 0 Å². The van der Waals surface area contributed by atoms with Crippen molar-refractivity contribution in [1.82, 2.24) is 0 Å². The lowest BCUT2D eigenvalue weighted by atomic mass is 10.2. The monoisotopic (exact) mass is 210 g/mol. The lowest BCUT2D eigenvalue weighted by Gasteiger charge is -1.99. The summed E-state index contributed by atoms with van der Waals surface area (Å²) >= 11 is 0. The first-order valence-electron chi connectivity index (χ1n) is 4.85. The molecule has 0 radical (unpaired) electrons. The standard InChI is InChI=1S/C12H18O3/c1-9(2)5-11(13)7-15-8-12(14)6-10(3)4/h5-6H,7-8H2,1-4H3. The minimum absolute atomic E-state index is 0.0342. The van der Waals surface area contributed by atoms with Crippen LogP contribution in [0, 0.1) is 0 Å². The molecular weight excluding hydrogens is 192 g/mol. The van der Waals surface area contributed by atoms with Crippen LogP contribution in [0.5, 0.6) is 0 Å². The minimum atomic E-state index is -0.111. The predicted octanol–water partition coefficient (Wildman–Crippen LogP) is 2.07. The quantitative estimate of drug-likeness (QED) is 0.630. The van der Waals surface area contributed by atoms with Crippen molar-refractivity contribution in [3.63, 3.8) is 0 Å². The first-order chi connectivity index (χ1) is 6.91. The van der Waals surface area contributed by atoms with Crippen LogP contribution in [-0.2, 0) is 14.3 Å². The molecule has 0 aliphatic rings. The maximum Gasteiger partial charge on any atom is 0.181 e. The number of carbonyl (C=O) groups excluding carboxylic acids is 2. The fourth-order valence-corrected chi connectivity index (χ4v) is 0.979. The Hall–Kier alpha value is -1.22. The van der Waals surface area contributed by atoms with Gasteiger partial charge in [0.1, 0.15) is 13.2 Å². The molecule has 0 atom stereocenters. The number of ether oxygens (including phenoxy) is 1. The van der Waals surface area contributed by atoms with E-state index >= 15 is 0 Å². The third-order valence-electron chi connectivity index (χ3n) is 1.39. The molecule has 84 valence electrons. The van der Waals surface area contributed by atoms with Crippen molar-refractivity contribution in [2.45, 2.75) is 27.7 Å². The summed E-state index contributed by atoms with van der Waals surface area (Å²) in [6.07, 6.45) is 3.01. The van der Waals surface area contributed by atoms with E-state index < -0.39 is 0 Å². The largest absolute Gasteiger partial charge is 0.365 e. The molecule has 0 fully saturated rings. The molecule has 0 unspecified atom stereocenters. The van der Waals surface area contributed by atoms with E-state index in [2.05, 4.69) is 0 Å². The zero-order chi connectivity index (χ0) is 11.8. The maximum atomic E-state index is 11.1. The molecule has 0 amide bonds. The van der Waals surface area contributed by atoms with Crippen LogP contribution in [0.3, 0.4) is 0 Å². The third kappa shape index (κ3) is 9.09. The number of ketones is 2. The highest BCUT2D eigenvalue weighted by atomic mass is 16.5. The maximum absolute atomic E-state index is 11.1. The second-order valence-corrected chi connectivity index (χ2v) is 3.87. The molecule has 0 aromatic heterocycles. The Morgan fingerprint density at radius 3 is 1.47 bits per heavy atom. The number of allylic oxidation sites excluding steroid dienone is 2. The summed E-state index contributed by atoms with van der Waals surface area (Å²) < 4.78 is 4.97. The fraction of sp³-hybridized carbons (Fsp3) is 0.500. The van der Waals surface area contributed by atoms with E-state index in [0.717, 1.165) is 11.1 Å². The van der Waals surface area contributed by atoms with E-state index in [4.69, 9.17) is 4.74 Å². The normalized spacial score (nSPS) is 9.33. The highest BCUT2D eigenvalue weighted by Gasteiger charge is 2.01. The van der Waals surface area contributed by atoms with E-state index in [1.807, 2.05) is 27.7 Å². The van der Waals surface area contributed by atoms with Crippen LogP contribution < -0.4 is 0 Å². The summed E-state index contributed by atoms with van der Waals surface area (Å²) in [4.78, 5) is 22.3. The van der Waals surface area contributed by atoms with Gasteiger partial charge in [-0.1, -0.05) is 11.1 Å². The van der Waals surface area contributed by atoms with Crippen LogP contribution in [0.15, 0.2) is 23.3 Å². The van der Waals surface area contributed by atoms with Crippen molar-refractivity contribution in [1.29, 1.82) is 0 Å². The molecule has 0 aliphatic heterocycles. The second-order valence-electron chi connectivity index (χ2n) is 3.87. The van der Waals surface area contributed by atoms with Crippen molar-refractivity contribution in [3.8, 4) is 0 Å². The van der Waals surface area contributed by atoms with Gasteiger partial charge in [0.25, 0.3) is 0 Å². The van der Waals surface area contributed by atoms with Crippen LogP contribution in [-0.4, -0.2) is 24.8 Å². The highest BCUT2D eigenvalue weighted by molar-refractivity contribution is 5.93. The fourth-order valence-electron chi connectivity index (χ4n) is 0.979. The summed E-state index contributed by atoms with van der Waals surface area (Å²) in [5.74, 6) is -0.222. The Balaban J connectivity index is 3.81. The Labute approximate surface area is 90.8 Å². The third-order valence-corrected chi connectivity index (χ3v) is 1.39. The van der Waals surface area contributed by atoms with Gasteiger partial charge in [0, 0.05) is 0 Å². The molecule has 0 saturated carbocycles. The van der Waals surface area contributed by atoms with Crippen molar-refractivity contribution < 1.29 is 14.3 Å². The van der Waals surface area contributed by atoms with Gasteiger partial charge in [-0.05, 0) is 39.8 Å². The van der Waals surface area contributed by atoms with Gasteiger partial charge in [0.15, 0.2) is 11.6 Å². The van der Waals surface area contributed by atoms with Gasteiger partial charge in [0.2, 0.25) is 0 Å². The van der Waals surface area contributed by atoms with Crippen LogP contribution in [0.25, 0.3) is 0 Å². The van der Waals surface area contributed by atoms with Crippen molar-refractivity contribution in [2.75, 3.05) is 13.2 Å². The van der Waals surface area contributed by atoms with E-state index in [1.165, 1.54) is 12.2 Å². The summed E-state index contributed by atoms with van der Waals surface area (Å²) in [6, 6.07) is 0. The molecule has 0 bridgehead atoms. The van der Waals surface area contributed by atoms with Crippen molar-refractivity contribution in [2.24, 2.45) is 0 Å². The zero-order valence-corrected chi connectivity index (χ0v) is 9.79. The average Bonchev–Trinajstić information content (AvgIpc) is 2.00. The number of hydrogen-bond donors (Lipinski definition) is 0. The van der Waals surface area contributed by atoms with Gasteiger partial charge in [0.05, 0.1) is 0 Å². The molecule has 0 aromatic carbocycles. The molecule has 3 heteroatoms. The summed E-state index contributed by atoms with van der Waals surface area (Å²) in [5.41, 5.74) is 1.86. The van der Waals surface area contributed by atoms with Gasteiger partial charge < -0.3 is 4.74 Å². The predicted molar refractivity (Wildman–Crippen MR) is 59.7 cm³/mol. The average molecular weight is 210 g/mol. The lowest BCUT2D eigenvalue weighted by Crippen LogP contribution is -2.12. The van der Waals surface area contributed by atoms with E-state index in [0.29, 0.717) is 0 Å². The number of hydrogen-bond acceptors (Lipinski definition) is 3. The second kappa shape index (κ2) is 7.12. The van der Waals surface area contributed by atoms with Crippen LogP contribution >= 0.6 is 0 Å². The van der Waals surface area contributed by atoms with E-state index in [1.54, 1.807) is 0 Å². The minimum Gasteiger partial charge on any atom is -0.365 e. The molecule has 0 heterocycles. The van der Waals surface area contributed by atoms with Gasteiger partial charge in [-0.3, -0.25) is 9.59 Å². The van der Waals surface area contributed by atoms with Crippen LogP contribution in [0.4, 0.5) is 0 Å². The first-order valence-corrected chi connectivity index (χ1v) is 4.85. The molecule has 0 aromatic rings. The molecule has 0 rings (SSSR count). The Morgan fingerprint density at radius 1 is 0.867 bits per heavy atom. The molecule has 3 nitrogen and oxygen atoms in total. The molecular formula is C12H18O3. The smallest absolute Gasteiger partial charge is 0.181 e. The number of carbonyl (C=O) groups is 2. The molecule has 0 N–H and O–H groups in total. The van der Waals surface area contributed by atoms with Gasteiger partial charge in [-0.15, -0.1) is 0 Å². The molecule has 0 aliphatic carbocycles. The topological polar surface area (TPSA) is 43.4 Å². The Kier molecular flexibility index (Phi) is 6.54. The van der Waals surface area contributed by atoms with Crippen molar-refractivity contribution in [3.05, 3.63) is 23.3 Å². The van der Waals surface area contributed by atoms with Crippen molar-refractivity contribution >= 4 is 11.6 Å². The molecule has 15 heavy (non-hydrogen) atoms. The Morgan fingerprint density at radius 2 is 1.20 bits per heavy atom. The zero-order valence-electron chi connectivity index (χ0n) is 9.79. The summed E-state index contributed by atoms with van der Waals surface area (Å²) in [7, 11) is 0.